The summed E-state index contributed by atoms with van der Waals surface area (Å²) in [4.78, 5) is 10.7. The van der Waals surface area contributed by atoms with Crippen molar-refractivity contribution in [2.24, 2.45) is 0 Å². The van der Waals surface area contributed by atoms with Gasteiger partial charge in [-0.05, 0) is 30.7 Å². The zero-order valence-corrected chi connectivity index (χ0v) is 12.4. The molecule has 0 aliphatic heterocycles. The fraction of sp³-hybridized carbons (Fsp3) is 0.235. The number of anilines is 3. The molecule has 0 aliphatic carbocycles. The Hall–Kier alpha value is -2.49. The number of nitrogen functional groups attached to an aromatic ring is 1. The summed E-state index contributed by atoms with van der Waals surface area (Å²) in [7, 11) is 1.89. The van der Waals surface area contributed by atoms with Gasteiger partial charge in [0.25, 0.3) is 0 Å². The van der Waals surface area contributed by atoms with E-state index < -0.39 is 0 Å². The predicted molar refractivity (Wildman–Crippen MR) is 89.6 cm³/mol. The Balaban J connectivity index is 2.44. The maximum absolute atomic E-state index is 10.7. The molecule has 0 radical (unpaired) electrons. The average molecular weight is 283 g/mol. The molecular weight excluding hydrogens is 262 g/mol. The quantitative estimate of drug-likeness (QED) is 0.561. The number of rotatable bonds is 6. The molecule has 2 aromatic carbocycles. The summed E-state index contributed by atoms with van der Waals surface area (Å²) in [5.74, 6) is 0. The Morgan fingerprint density at radius 2 is 1.90 bits per heavy atom. The Kier molecular flexibility index (Phi) is 4.82. The van der Waals surface area contributed by atoms with Crippen molar-refractivity contribution in [1.82, 2.24) is 0 Å². The second-order valence-electron chi connectivity index (χ2n) is 5.05. The zero-order chi connectivity index (χ0) is 15.2. The number of nitrogens with one attached hydrogen (secondary N) is 2. The van der Waals surface area contributed by atoms with Crippen LogP contribution in [0.4, 0.5) is 17.1 Å². The summed E-state index contributed by atoms with van der Waals surface area (Å²) in [6.45, 7) is 1.99. The molecule has 4 heteroatoms. The molecule has 0 saturated carbocycles. The third-order valence-electron chi connectivity index (χ3n) is 3.40. The largest absolute Gasteiger partial charge is 0.399 e. The first kappa shape index (κ1) is 14.9. The number of hydrogen-bond acceptors (Lipinski definition) is 4. The molecular formula is C17H21N3O. The van der Waals surface area contributed by atoms with Gasteiger partial charge in [0.1, 0.15) is 6.29 Å². The van der Waals surface area contributed by atoms with E-state index in [-0.39, 0.29) is 6.04 Å². The zero-order valence-electron chi connectivity index (χ0n) is 12.4. The minimum atomic E-state index is 0.0736. The van der Waals surface area contributed by atoms with Crippen molar-refractivity contribution in [3.05, 3.63) is 42.5 Å². The van der Waals surface area contributed by atoms with Gasteiger partial charge in [-0.25, -0.2) is 0 Å². The first-order valence-electron chi connectivity index (χ1n) is 7.02. The number of benzene rings is 2. The molecule has 0 amide bonds. The van der Waals surface area contributed by atoms with Crippen LogP contribution in [0.2, 0.25) is 0 Å². The van der Waals surface area contributed by atoms with Gasteiger partial charge in [-0.15, -0.1) is 0 Å². The molecule has 0 spiro atoms. The number of hydrogen-bond donors (Lipinski definition) is 3. The van der Waals surface area contributed by atoms with Gasteiger partial charge in [-0.3, -0.25) is 0 Å². The van der Waals surface area contributed by atoms with Crippen LogP contribution in [0.5, 0.6) is 0 Å². The fourth-order valence-electron chi connectivity index (χ4n) is 2.27. The molecule has 4 nitrogen and oxygen atoms in total. The highest BCUT2D eigenvalue weighted by Crippen LogP contribution is 2.35. The van der Waals surface area contributed by atoms with Crippen LogP contribution in [-0.4, -0.2) is 19.4 Å². The summed E-state index contributed by atoms with van der Waals surface area (Å²) in [5, 5.41) is 6.61. The molecule has 0 unspecified atom stereocenters. The van der Waals surface area contributed by atoms with Gasteiger partial charge < -0.3 is 21.2 Å². The molecule has 2 aromatic rings. The standard InChI is InChI=1S/C17H21N3O/c1-12(10-11-21)20-17-15(4-3-5-16(17)19-2)13-6-8-14(18)9-7-13/h3-9,11-12,19-20H,10,18H2,1-2H3/t12-/m1/s1. The third kappa shape index (κ3) is 3.54. The van der Waals surface area contributed by atoms with Crippen LogP contribution in [0.15, 0.2) is 42.5 Å². The molecule has 0 saturated heterocycles. The van der Waals surface area contributed by atoms with Crippen LogP contribution in [-0.2, 0) is 4.79 Å². The lowest BCUT2D eigenvalue weighted by Crippen LogP contribution is -2.17. The lowest BCUT2D eigenvalue weighted by molar-refractivity contribution is -0.107. The van der Waals surface area contributed by atoms with Crippen LogP contribution in [0, 0.1) is 0 Å². The van der Waals surface area contributed by atoms with E-state index in [1.165, 1.54) is 0 Å². The van der Waals surface area contributed by atoms with E-state index in [9.17, 15) is 4.79 Å². The van der Waals surface area contributed by atoms with Crippen molar-refractivity contribution in [3.63, 3.8) is 0 Å². The highest BCUT2D eigenvalue weighted by molar-refractivity contribution is 5.87. The molecule has 2 rings (SSSR count). The third-order valence-corrected chi connectivity index (χ3v) is 3.40. The molecule has 1 atom stereocenters. The maximum Gasteiger partial charge on any atom is 0.122 e. The van der Waals surface area contributed by atoms with Crippen LogP contribution >= 0.6 is 0 Å². The minimum Gasteiger partial charge on any atom is -0.399 e. The van der Waals surface area contributed by atoms with Crippen molar-refractivity contribution in [2.45, 2.75) is 19.4 Å². The van der Waals surface area contributed by atoms with Crippen molar-refractivity contribution in [2.75, 3.05) is 23.4 Å². The van der Waals surface area contributed by atoms with Gasteiger partial charge in [0.2, 0.25) is 0 Å². The van der Waals surface area contributed by atoms with Gasteiger partial charge >= 0.3 is 0 Å². The molecule has 0 heterocycles. The minimum absolute atomic E-state index is 0.0736. The number of carbonyl (C=O) groups is 1. The molecule has 0 aliphatic rings. The number of para-hydroxylation sites is 1. The topological polar surface area (TPSA) is 67.2 Å². The second-order valence-corrected chi connectivity index (χ2v) is 5.05. The van der Waals surface area contributed by atoms with E-state index in [0.29, 0.717) is 6.42 Å². The van der Waals surface area contributed by atoms with Crippen LogP contribution in [0.1, 0.15) is 13.3 Å². The average Bonchev–Trinajstić information content (AvgIpc) is 2.48. The summed E-state index contributed by atoms with van der Waals surface area (Å²) in [6, 6.07) is 13.9. The summed E-state index contributed by atoms with van der Waals surface area (Å²) < 4.78 is 0. The fourth-order valence-corrected chi connectivity index (χ4v) is 2.27. The van der Waals surface area contributed by atoms with E-state index in [2.05, 4.69) is 16.7 Å². The van der Waals surface area contributed by atoms with Gasteiger partial charge in [-0.2, -0.15) is 0 Å². The van der Waals surface area contributed by atoms with Crippen LogP contribution in [0.3, 0.4) is 0 Å². The first-order chi connectivity index (χ1) is 10.2. The molecule has 4 N–H and O–H groups in total. The van der Waals surface area contributed by atoms with Crippen molar-refractivity contribution in [3.8, 4) is 11.1 Å². The second kappa shape index (κ2) is 6.79. The number of aldehydes is 1. The molecule has 0 aromatic heterocycles. The molecule has 21 heavy (non-hydrogen) atoms. The van der Waals surface area contributed by atoms with E-state index in [1.807, 2.05) is 50.4 Å². The maximum atomic E-state index is 10.7. The SMILES string of the molecule is CNc1cccc(-c2ccc(N)cc2)c1N[C@H](C)CC=O. The van der Waals surface area contributed by atoms with Gasteiger partial charge in [0.15, 0.2) is 0 Å². The molecule has 0 bridgehead atoms. The summed E-state index contributed by atoms with van der Waals surface area (Å²) in [6.07, 6.45) is 1.40. The van der Waals surface area contributed by atoms with Gasteiger partial charge in [0, 0.05) is 30.8 Å². The number of nitrogens with two attached hydrogens (primary N) is 1. The van der Waals surface area contributed by atoms with E-state index in [4.69, 9.17) is 5.73 Å². The van der Waals surface area contributed by atoms with E-state index in [0.717, 1.165) is 34.5 Å². The van der Waals surface area contributed by atoms with Crippen molar-refractivity contribution in [1.29, 1.82) is 0 Å². The highest BCUT2D eigenvalue weighted by atomic mass is 16.1. The summed E-state index contributed by atoms with van der Waals surface area (Å²) >= 11 is 0. The molecule has 0 fully saturated rings. The monoisotopic (exact) mass is 283 g/mol. The molecule has 110 valence electrons. The van der Waals surface area contributed by atoms with E-state index >= 15 is 0 Å². The van der Waals surface area contributed by atoms with Gasteiger partial charge in [-0.1, -0.05) is 24.3 Å². The number of carbonyl (C=O) groups excluding carboxylic acids is 1. The smallest absolute Gasteiger partial charge is 0.122 e. The Morgan fingerprint density at radius 3 is 2.52 bits per heavy atom. The summed E-state index contributed by atoms with van der Waals surface area (Å²) in [5.41, 5.74) is 10.7. The van der Waals surface area contributed by atoms with Crippen LogP contribution in [0.25, 0.3) is 11.1 Å². The Morgan fingerprint density at radius 1 is 1.19 bits per heavy atom. The Bertz CT molecular complexity index is 608. The lowest BCUT2D eigenvalue weighted by atomic mass is 10.0. The highest BCUT2D eigenvalue weighted by Gasteiger charge is 2.12. The van der Waals surface area contributed by atoms with Crippen molar-refractivity contribution >= 4 is 23.3 Å². The predicted octanol–water partition coefficient (Wildman–Crippen LogP) is 3.37. The van der Waals surface area contributed by atoms with Crippen molar-refractivity contribution < 1.29 is 4.79 Å². The van der Waals surface area contributed by atoms with E-state index in [1.54, 1.807) is 0 Å². The van der Waals surface area contributed by atoms with Gasteiger partial charge in [0.05, 0.1) is 11.4 Å². The lowest BCUT2D eigenvalue weighted by Gasteiger charge is -2.20. The first-order valence-corrected chi connectivity index (χ1v) is 7.02. The normalized spacial score (nSPS) is 11.7. The van der Waals surface area contributed by atoms with Crippen LogP contribution < -0.4 is 16.4 Å². The Labute approximate surface area is 125 Å².